The number of nitrogens with one attached hydrogen (secondary N) is 2. The number of carbonyl (C=O) groups excluding carboxylic acids is 3. The average Bonchev–Trinajstić information content (AvgIpc) is 3.29. The summed E-state index contributed by atoms with van der Waals surface area (Å²) in [4.78, 5) is 39.7. The molecule has 146 valence electrons. The molecule has 1 unspecified atom stereocenters. The minimum absolute atomic E-state index is 0.0250. The van der Waals surface area contributed by atoms with Crippen LogP contribution >= 0.6 is 11.3 Å². The van der Waals surface area contributed by atoms with Crippen molar-refractivity contribution < 1.29 is 19.1 Å². The first-order valence-electron chi connectivity index (χ1n) is 9.36. The van der Waals surface area contributed by atoms with E-state index in [0.29, 0.717) is 50.4 Å². The van der Waals surface area contributed by atoms with Gasteiger partial charge >= 0.3 is 0 Å². The van der Waals surface area contributed by atoms with E-state index in [1.54, 1.807) is 4.90 Å². The molecule has 3 amide bonds. The van der Waals surface area contributed by atoms with Crippen LogP contribution in [0.25, 0.3) is 0 Å². The molecule has 1 aromatic rings. The van der Waals surface area contributed by atoms with Gasteiger partial charge in [0.05, 0.1) is 18.0 Å². The van der Waals surface area contributed by atoms with E-state index in [-0.39, 0.29) is 24.3 Å². The summed E-state index contributed by atoms with van der Waals surface area (Å²) >= 11 is 1.45. The lowest BCUT2D eigenvalue weighted by molar-refractivity contribution is -0.138. The molecule has 27 heavy (non-hydrogen) atoms. The van der Waals surface area contributed by atoms with Gasteiger partial charge in [0, 0.05) is 24.5 Å². The Morgan fingerprint density at radius 3 is 2.85 bits per heavy atom. The first-order chi connectivity index (χ1) is 13.0. The Kier molecular flexibility index (Phi) is 4.92. The summed E-state index contributed by atoms with van der Waals surface area (Å²) in [5.74, 6) is -0.370. The van der Waals surface area contributed by atoms with Crippen molar-refractivity contribution in [1.29, 1.82) is 0 Å². The second-order valence-corrected chi connectivity index (χ2v) is 8.30. The number of piperidine rings is 1. The third kappa shape index (κ3) is 3.35. The molecule has 8 nitrogen and oxygen atoms in total. The van der Waals surface area contributed by atoms with Crippen molar-refractivity contribution in [1.82, 2.24) is 15.5 Å². The fourth-order valence-corrected chi connectivity index (χ4v) is 5.43. The zero-order valence-electron chi connectivity index (χ0n) is 15.1. The first kappa shape index (κ1) is 18.4. The molecule has 1 atom stereocenters. The topological polar surface area (TPSA) is 114 Å². The molecule has 1 spiro atoms. The van der Waals surface area contributed by atoms with Gasteiger partial charge in [-0.3, -0.25) is 14.4 Å². The van der Waals surface area contributed by atoms with E-state index in [0.717, 1.165) is 16.9 Å². The summed E-state index contributed by atoms with van der Waals surface area (Å²) in [5.41, 5.74) is 6.19. The number of hydrogen-bond acceptors (Lipinski definition) is 6. The van der Waals surface area contributed by atoms with Crippen LogP contribution in [-0.2, 0) is 26.3 Å². The van der Waals surface area contributed by atoms with Crippen molar-refractivity contribution in [2.24, 2.45) is 5.73 Å². The van der Waals surface area contributed by atoms with Crippen molar-refractivity contribution in [3.05, 3.63) is 21.4 Å². The highest BCUT2D eigenvalue weighted by Crippen LogP contribution is 2.45. The number of amides is 3. The molecule has 0 aliphatic carbocycles. The molecule has 9 heteroatoms. The lowest BCUT2D eigenvalue weighted by Crippen LogP contribution is -2.49. The highest BCUT2D eigenvalue weighted by Gasteiger charge is 2.43. The quantitative estimate of drug-likeness (QED) is 0.654. The number of carbonyl (C=O) groups is 3. The second kappa shape index (κ2) is 7.21. The summed E-state index contributed by atoms with van der Waals surface area (Å²) in [6.45, 7) is 2.45. The van der Waals surface area contributed by atoms with Gasteiger partial charge in [-0.25, -0.2) is 0 Å². The zero-order valence-corrected chi connectivity index (χ0v) is 15.9. The lowest BCUT2D eigenvalue weighted by atomic mass is 9.85. The highest BCUT2D eigenvalue weighted by atomic mass is 32.1. The second-order valence-electron chi connectivity index (χ2n) is 7.25. The van der Waals surface area contributed by atoms with Gasteiger partial charge in [0.1, 0.15) is 11.6 Å². The fourth-order valence-electron chi connectivity index (χ4n) is 4.11. The highest BCUT2D eigenvalue weighted by molar-refractivity contribution is 7.14. The van der Waals surface area contributed by atoms with E-state index in [1.807, 2.05) is 6.07 Å². The molecule has 0 radical (unpaired) electrons. The fraction of sp³-hybridized carbons (Fsp3) is 0.611. The summed E-state index contributed by atoms with van der Waals surface area (Å²) < 4.78 is 6.18. The number of hydrogen-bond donors (Lipinski definition) is 3. The molecule has 0 bridgehead atoms. The van der Waals surface area contributed by atoms with Crippen LogP contribution < -0.4 is 16.4 Å². The van der Waals surface area contributed by atoms with Gasteiger partial charge < -0.3 is 26.0 Å². The van der Waals surface area contributed by atoms with Gasteiger partial charge in [0.15, 0.2) is 0 Å². The molecule has 1 aromatic heterocycles. The van der Waals surface area contributed by atoms with Gasteiger partial charge in [-0.1, -0.05) is 0 Å². The molecule has 3 aliphatic rings. The van der Waals surface area contributed by atoms with Crippen LogP contribution in [-0.4, -0.2) is 61.4 Å². The maximum Gasteiger partial charge on any atom is 0.262 e. The van der Waals surface area contributed by atoms with Gasteiger partial charge in [-0.05, 0) is 37.3 Å². The molecule has 4 rings (SSSR count). The van der Waals surface area contributed by atoms with Gasteiger partial charge in [0.25, 0.3) is 5.91 Å². The molecular weight excluding hydrogens is 368 g/mol. The number of fused-ring (bicyclic) bond motifs is 2. The van der Waals surface area contributed by atoms with Crippen LogP contribution in [0, 0.1) is 0 Å². The van der Waals surface area contributed by atoms with E-state index in [9.17, 15) is 14.4 Å². The Labute approximate surface area is 161 Å². The molecule has 4 heterocycles. The monoisotopic (exact) mass is 392 g/mol. The SMILES string of the molecule is NCC(=O)N1CCC2(CC1)OCCc1cc(C(=O)NC3CCNC3=O)sc12. The summed E-state index contributed by atoms with van der Waals surface area (Å²) in [5, 5.41) is 5.56. The largest absolute Gasteiger partial charge is 0.369 e. The van der Waals surface area contributed by atoms with Crippen molar-refractivity contribution in [3.8, 4) is 0 Å². The Hall–Kier alpha value is -1.97. The molecular formula is C18H24N4O4S. The molecule has 0 aromatic carbocycles. The molecule has 3 aliphatic heterocycles. The third-order valence-electron chi connectivity index (χ3n) is 5.65. The Morgan fingerprint density at radius 2 is 2.19 bits per heavy atom. The van der Waals surface area contributed by atoms with Gasteiger partial charge in [-0.15, -0.1) is 11.3 Å². The third-order valence-corrected chi connectivity index (χ3v) is 7.01. The summed E-state index contributed by atoms with van der Waals surface area (Å²) in [6.07, 6.45) is 2.81. The number of thiophene rings is 1. The molecule has 2 fully saturated rings. The number of ether oxygens (including phenoxy) is 1. The van der Waals surface area contributed by atoms with E-state index < -0.39 is 11.6 Å². The minimum atomic E-state index is -0.452. The van der Waals surface area contributed by atoms with Crippen LogP contribution in [0.15, 0.2) is 6.07 Å². The van der Waals surface area contributed by atoms with Crippen LogP contribution in [0.1, 0.15) is 39.4 Å². The Morgan fingerprint density at radius 1 is 1.41 bits per heavy atom. The van der Waals surface area contributed by atoms with E-state index in [4.69, 9.17) is 10.5 Å². The molecule has 2 saturated heterocycles. The smallest absolute Gasteiger partial charge is 0.262 e. The molecule has 0 saturated carbocycles. The number of nitrogens with zero attached hydrogens (tertiary/aromatic N) is 1. The summed E-state index contributed by atoms with van der Waals surface area (Å²) in [7, 11) is 0. The molecule has 4 N–H and O–H groups in total. The van der Waals surface area contributed by atoms with Crippen LogP contribution in [0.5, 0.6) is 0 Å². The maximum atomic E-state index is 12.6. The van der Waals surface area contributed by atoms with Crippen molar-refractivity contribution in [2.45, 2.75) is 37.3 Å². The zero-order chi connectivity index (χ0) is 19.0. The van der Waals surface area contributed by atoms with E-state index in [2.05, 4.69) is 10.6 Å². The lowest BCUT2D eigenvalue weighted by Gasteiger charge is -2.43. The van der Waals surface area contributed by atoms with Crippen molar-refractivity contribution in [2.75, 3.05) is 32.8 Å². The first-order valence-corrected chi connectivity index (χ1v) is 10.2. The number of rotatable bonds is 3. The standard InChI is InChI=1S/C18H24N4O4S/c19-10-14(23)22-6-3-18(4-7-22)15-11(2-8-26-18)9-13(27-15)17(25)21-12-1-5-20-16(12)24/h9,12H,1-8,10,19H2,(H,20,24)(H,21,25). The predicted molar refractivity (Wildman–Crippen MR) is 99.4 cm³/mol. The van der Waals surface area contributed by atoms with E-state index >= 15 is 0 Å². The van der Waals surface area contributed by atoms with Crippen LogP contribution in [0.4, 0.5) is 0 Å². The maximum absolute atomic E-state index is 12.6. The van der Waals surface area contributed by atoms with E-state index in [1.165, 1.54) is 11.3 Å². The normalized spacial score (nSPS) is 23.8. The van der Waals surface area contributed by atoms with Gasteiger partial charge in [0.2, 0.25) is 11.8 Å². The Balaban J connectivity index is 1.51. The van der Waals surface area contributed by atoms with Crippen molar-refractivity contribution >= 4 is 29.1 Å². The Bertz CT molecular complexity index is 769. The number of likely N-dealkylation sites (tertiary alicyclic amines) is 1. The van der Waals surface area contributed by atoms with Gasteiger partial charge in [-0.2, -0.15) is 0 Å². The summed E-state index contributed by atoms with van der Waals surface area (Å²) in [6, 6.07) is 1.48. The average molecular weight is 392 g/mol. The van der Waals surface area contributed by atoms with Crippen LogP contribution in [0.3, 0.4) is 0 Å². The van der Waals surface area contributed by atoms with Crippen molar-refractivity contribution in [3.63, 3.8) is 0 Å². The van der Waals surface area contributed by atoms with Crippen LogP contribution in [0.2, 0.25) is 0 Å². The minimum Gasteiger partial charge on any atom is -0.369 e. The predicted octanol–water partition coefficient (Wildman–Crippen LogP) is -0.284. The number of nitrogens with two attached hydrogens (primary N) is 1.